The van der Waals surface area contributed by atoms with E-state index < -0.39 is 5.97 Å². The summed E-state index contributed by atoms with van der Waals surface area (Å²) >= 11 is 0. The van der Waals surface area contributed by atoms with Crippen LogP contribution < -0.4 is 5.73 Å². The van der Waals surface area contributed by atoms with Gasteiger partial charge in [0.15, 0.2) is 0 Å². The van der Waals surface area contributed by atoms with E-state index in [0.717, 1.165) is 38.5 Å². The zero-order chi connectivity index (χ0) is 16.1. The van der Waals surface area contributed by atoms with Crippen LogP contribution in [0.5, 0.6) is 0 Å². The molecular weight excluding hydrogens is 256 g/mol. The maximum Gasteiger partial charge on any atom is 0.320 e. The van der Waals surface area contributed by atoms with Gasteiger partial charge in [0.1, 0.15) is 6.04 Å². The van der Waals surface area contributed by atoms with Crippen molar-refractivity contribution >= 4 is 11.9 Å². The quantitative estimate of drug-likeness (QED) is 0.682. The molecule has 0 aromatic heterocycles. The minimum atomic E-state index is -0.730. The second-order valence-corrected chi connectivity index (χ2v) is 5.26. The summed E-state index contributed by atoms with van der Waals surface area (Å²) in [5.74, 6) is -0.761. The summed E-state index contributed by atoms with van der Waals surface area (Å²) in [5.41, 5.74) is 5.15. The van der Waals surface area contributed by atoms with Crippen molar-refractivity contribution in [2.24, 2.45) is 11.7 Å². The van der Waals surface area contributed by atoms with Gasteiger partial charge in [-0.15, -0.1) is 0 Å². The highest BCUT2D eigenvalue weighted by molar-refractivity contribution is 5.76. The lowest BCUT2D eigenvalue weighted by atomic mass is 9.99. The van der Waals surface area contributed by atoms with Gasteiger partial charge in [-0.2, -0.15) is 0 Å². The Morgan fingerprint density at radius 3 is 1.85 bits per heavy atom. The average molecular weight is 288 g/mol. The number of hydrogen-bond donors (Lipinski definition) is 2. The number of hydrogen-bond acceptors (Lipinski definition) is 3. The van der Waals surface area contributed by atoms with Crippen LogP contribution in [0.25, 0.3) is 0 Å². The predicted molar refractivity (Wildman–Crippen MR) is 82.5 cm³/mol. The highest BCUT2D eigenvalue weighted by atomic mass is 16.4. The fourth-order valence-electron chi connectivity index (χ4n) is 1.87. The number of aliphatic carboxylic acids is 1. The van der Waals surface area contributed by atoms with Gasteiger partial charge < -0.3 is 10.8 Å². The molecule has 0 rings (SSSR count). The fraction of sp³-hybridized carbons (Fsp3) is 0.867. The standard InChI is InChI=1S/C8H17NO.C7H15NO2/c1-3-5-6-7(4-2)8(9)10;1-4-5-6(7(9)10)8(2)3/h7H,3-6H2,1-2H3,(H2,9,10);6H,4-5H2,1-3H3,(H,9,10). The Morgan fingerprint density at radius 2 is 1.65 bits per heavy atom. The number of carbonyl (C=O) groups excluding carboxylic acids is 1. The summed E-state index contributed by atoms with van der Waals surface area (Å²) in [6.07, 6.45) is 5.74. The Hall–Kier alpha value is -1.10. The van der Waals surface area contributed by atoms with Crippen LogP contribution in [0.1, 0.15) is 59.3 Å². The van der Waals surface area contributed by atoms with Crippen molar-refractivity contribution in [2.45, 2.75) is 65.3 Å². The van der Waals surface area contributed by atoms with Crippen molar-refractivity contribution in [3.8, 4) is 0 Å². The van der Waals surface area contributed by atoms with E-state index in [0.29, 0.717) is 0 Å². The first-order chi connectivity index (χ1) is 9.31. The molecule has 3 N–H and O–H groups in total. The maximum absolute atomic E-state index is 10.7. The van der Waals surface area contributed by atoms with Gasteiger partial charge in [0.25, 0.3) is 0 Å². The first-order valence-corrected chi connectivity index (χ1v) is 7.50. The second kappa shape index (κ2) is 12.9. The summed E-state index contributed by atoms with van der Waals surface area (Å²) in [6.45, 7) is 6.11. The van der Waals surface area contributed by atoms with Crippen LogP contribution in [0.4, 0.5) is 0 Å². The first-order valence-electron chi connectivity index (χ1n) is 7.50. The van der Waals surface area contributed by atoms with E-state index in [2.05, 4.69) is 6.92 Å². The van der Waals surface area contributed by atoms with Crippen molar-refractivity contribution in [1.29, 1.82) is 0 Å². The number of amides is 1. The molecule has 0 aliphatic rings. The van der Waals surface area contributed by atoms with E-state index in [9.17, 15) is 9.59 Å². The van der Waals surface area contributed by atoms with Gasteiger partial charge in [-0.05, 0) is 33.4 Å². The zero-order valence-electron chi connectivity index (χ0n) is 13.7. The molecule has 1 amide bonds. The summed E-state index contributed by atoms with van der Waals surface area (Å²) in [5, 5.41) is 8.63. The van der Waals surface area contributed by atoms with Crippen LogP contribution in [0.2, 0.25) is 0 Å². The molecule has 5 nitrogen and oxygen atoms in total. The summed E-state index contributed by atoms with van der Waals surface area (Å²) in [4.78, 5) is 22.9. The Kier molecular flexibility index (Phi) is 13.7. The van der Waals surface area contributed by atoms with Gasteiger partial charge in [-0.1, -0.05) is 40.0 Å². The Labute approximate surface area is 123 Å². The largest absolute Gasteiger partial charge is 0.480 e. The van der Waals surface area contributed by atoms with E-state index in [1.807, 2.05) is 13.8 Å². The molecule has 0 bridgehead atoms. The number of primary amides is 1. The molecule has 0 radical (unpaired) electrons. The van der Waals surface area contributed by atoms with E-state index in [-0.39, 0.29) is 17.9 Å². The SMILES string of the molecule is CCCC(C(=O)O)N(C)C.CCCCC(CC)C(N)=O. The van der Waals surface area contributed by atoms with Crippen LogP contribution in [0.3, 0.4) is 0 Å². The van der Waals surface area contributed by atoms with Gasteiger partial charge in [-0.25, -0.2) is 0 Å². The van der Waals surface area contributed by atoms with Gasteiger partial charge in [0, 0.05) is 5.92 Å². The number of carboxylic acids is 1. The molecule has 5 heteroatoms. The topological polar surface area (TPSA) is 83.6 Å². The number of rotatable bonds is 9. The van der Waals surface area contributed by atoms with Crippen molar-refractivity contribution < 1.29 is 14.7 Å². The molecule has 20 heavy (non-hydrogen) atoms. The van der Waals surface area contributed by atoms with Gasteiger partial charge in [0.2, 0.25) is 5.91 Å². The number of nitrogens with zero attached hydrogens (tertiary/aromatic N) is 1. The Balaban J connectivity index is 0. The third-order valence-corrected chi connectivity index (χ3v) is 3.27. The molecule has 0 aliphatic heterocycles. The lowest BCUT2D eigenvalue weighted by Crippen LogP contribution is -2.35. The van der Waals surface area contributed by atoms with Gasteiger partial charge >= 0.3 is 5.97 Å². The van der Waals surface area contributed by atoms with Crippen molar-refractivity contribution in [2.75, 3.05) is 14.1 Å². The smallest absolute Gasteiger partial charge is 0.320 e. The van der Waals surface area contributed by atoms with Gasteiger partial charge in [0.05, 0.1) is 0 Å². The highest BCUT2D eigenvalue weighted by Gasteiger charge is 2.17. The maximum atomic E-state index is 10.7. The molecule has 2 atom stereocenters. The monoisotopic (exact) mass is 288 g/mol. The molecule has 0 aromatic carbocycles. The van der Waals surface area contributed by atoms with Crippen LogP contribution in [0.15, 0.2) is 0 Å². The third-order valence-electron chi connectivity index (χ3n) is 3.27. The van der Waals surface area contributed by atoms with Crippen LogP contribution in [-0.4, -0.2) is 42.0 Å². The van der Waals surface area contributed by atoms with Crippen molar-refractivity contribution in [1.82, 2.24) is 4.90 Å². The molecule has 0 saturated heterocycles. The molecule has 0 aromatic rings. The molecule has 120 valence electrons. The van der Waals surface area contributed by atoms with Gasteiger partial charge in [-0.3, -0.25) is 14.5 Å². The highest BCUT2D eigenvalue weighted by Crippen LogP contribution is 2.10. The summed E-state index contributed by atoms with van der Waals surface area (Å²) in [6, 6.07) is -0.315. The van der Waals surface area contributed by atoms with Crippen LogP contribution in [0, 0.1) is 5.92 Å². The zero-order valence-corrected chi connectivity index (χ0v) is 13.7. The van der Waals surface area contributed by atoms with E-state index >= 15 is 0 Å². The van der Waals surface area contributed by atoms with E-state index in [4.69, 9.17) is 10.8 Å². The number of carboxylic acid groups (broad SMARTS) is 1. The molecular formula is C15H32N2O3. The van der Waals surface area contributed by atoms with E-state index in [1.165, 1.54) is 0 Å². The van der Waals surface area contributed by atoms with Crippen LogP contribution in [-0.2, 0) is 9.59 Å². The molecule has 0 aliphatic carbocycles. The molecule has 0 spiro atoms. The number of carbonyl (C=O) groups is 2. The third kappa shape index (κ3) is 10.8. The Morgan fingerprint density at radius 1 is 1.10 bits per heavy atom. The summed E-state index contributed by atoms with van der Waals surface area (Å²) < 4.78 is 0. The molecule has 0 fully saturated rings. The number of unbranched alkanes of at least 4 members (excludes halogenated alkanes) is 1. The van der Waals surface area contributed by atoms with E-state index in [1.54, 1.807) is 19.0 Å². The normalized spacial score (nSPS) is 13.3. The lowest BCUT2D eigenvalue weighted by Gasteiger charge is -2.18. The Bertz CT molecular complexity index is 268. The minimum absolute atomic E-state index is 0.111. The first kappa shape index (κ1) is 21.2. The minimum Gasteiger partial charge on any atom is -0.480 e. The average Bonchev–Trinajstić information content (AvgIpc) is 2.36. The predicted octanol–water partition coefficient (Wildman–Crippen LogP) is 2.49. The fourth-order valence-corrected chi connectivity index (χ4v) is 1.87. The summed E-state index contributed by atoms with van der Waals surface area (Å²) in [7, 11) is 3.57. The lowest BCUT2D eigenvalue weighted by molar-refractivity contribution is -0.142. The van der Waals surface area contributed by atoms with Crippen LogP contribution >= 0.6 is 0 Å². The second-order valence-electron chi connectivity index (χ2n) is 5.26. The number of likely N-dealkylation sites (N-methyl/N-ethyl adjacent to an activating group) is 1. The van der Waals surface area contributed by atoms with Crippen molar-refractivity contribution in [3.05, 3.63) is 0 Å². The molecule has 2 unspecified atom stereocenters. The van der Waals surface area contributed by atoms with Crippen molar-refractivity contribution in [3.63, 3.8) is 0 Å². The number of nitrogens with two attached hydrogens (primary N) is 1. The molecule has 0 saturated carbocycles. The molecule has 0 heterocycles.